The predicted molar refractivity (Wildman–Crippen MR) is 125 cm³/mol. The number of hydrogen-bond donors (Lipinski definition) is 1. The molecule has 0 bridgehead atoms. The van der Waals surface area contributed by atoms with Crippen LogP contribution < -0.4 is 5.56 Å². The van der Waals surface area contributed by atoms with Gasteiger partial charge < -0.3 is 14.2 Å². The lowest BCUT2D eigenvalue weighted by Crippen LogP contribution is -2.20. The molecule has 1 aliphatic rings. The predicted octanol–water partition coefficient (Wildman–Crippen LogP) is 3.39. The van der Waals surface area contributed by atoms with Gasteiger partial charge in [0.1, 0.15) is 29.9 Å². The highest BCUT2D eigenvalue weighted by atomic mass is 16.3. The Balaban J connectivity index is 1.45. The van der Waals surface area contributed by atoms with Gasteiger partial charge in [-0.2, -0.15) is 0 Å². The largest absolute Gasteiger partial charge is 0.506 e. The molecule has 1 saturated carbocycles. The highest BCUT2D eigenvalue weighted by molar-refractivity contribution is 5.82. The molecule has 1 fully saturated rings. The third-order valence-corrected chi connectivity index (χ3v) is 6.07. The minimum Gasteiger partial charge on any atom is -0.506 e. The summed E-state index contributed by atoms with van der Waals surface area (Å²) in [5, 5.41) is 19.2. The van der Waals surface area contributed by atoms with E-state index in [-0.39, 0.29) is 17.4 Å². The molecule has 0 amide bonds. The fraction of sp³-hybridized carbons (Fsp3) is 0.250. The number of phenols is 1. The molecule has 10 heteroatoms. The minimum absolute atomic E-state index is 0.0324. The van der Waals surface area contributed by atoms with Crippen LogP contribution in [0, 0.1) is 0 Å². The van der Waals surface area contributed by atoms with Crippen molar-refractivity contribution in [2.45, 2.75) is 38.6 Å². The summed E-state index contributed by atoms with van der Waals surface area (Å²) >= 11 is 0. The summed E-state index contributed by atoms with van der Waals surface area (Å²) in [6.45, 7) is 4.07. The lowest BCUT2D eigenvalue weighted by molar-refractivity contribution is 0.473. The number of fused-ring (bicyclic) bond motifs is 1. The molecule has 1 aliphatic carbocycles. The van der Waals surface area contributed by atoms with Gasteiger partial charge in [-0.05, 0) is 44.9 Å². The minimum atomic E-state index is -0.288. The van der Waals surface area contributed by atoms with Crippen molar-refractivity contribution in [3.8, 4) is 28.8 Å². The maximum absolute atomic E-state index is 13.5. The molecule has 170 valence electrons. The smallest absolute Gasteiger partial charge is 0.267 e. The van der Waals surface area contributed by atoms with Crippen LogP contribution in [0.25, 0.3) is 33.9 Å². The van der Waals surface area contributed by atoms with Crippen LogP contribution in [-0.4, -0.2) is 44.0 Å². The van der Waals surface area contributed by atoms with Gasteiger partial charge >= 0.3 is 0 Å². The van der Waals surface area contributed by atoms with Gasteiger partial charge in [0.15, 0.2) is 5.82 Å². The summed E-state index contributed by atoms with van der Waals surface area (Å²) in [4.78, 5) is 27.0. The quantitative estimate of drug-likeness (QED) is 0.433. The first-order valence-electron chi connectivity index (χ1n) is 11.2. The molecule has 0 radical (unpaired) electrons. The summed E-state index contributed by atoms with van der Waals surface area (Å²) in [5.74, 6) is 1.56. The van der Waals surface area contributed by atoms with Gasteiger partial charge in [0.25, 0.3) is 5.56 Å². The van der Waals surface area contributed by atoms with Crippen molar-refractivity contribution in [3.05, 3.63) is 71.6 Å². The van der Waals surface area contributed by atoms with Gasteiger partial charge in [0.2, 0.25) is 0 Å². The van der Waals surface area contributed by atoms with Crippen molar-refractivity contribution in [2.24, 2.45) is 0 Å². The van der Waals surface area contributed by atoms with Gasteiger partial charge in [0.05, 0.1) is 28.6 Å². The van der Waals surface area contributed by atoms with Crippen LogP contribution in [-0.2, 0) is 0 Å². The van der Waals surface area contributed by atoms with E-state index in [4.69, 9.17) is 0 Å². The van der Waals surface area contributed by atoms with E-state index in [2.05, 4.69) is 25.1 Å². The number of aromatic nitrogens is 8. The van der Waals surface area contributed by atoms with Crippen molar-refractivity contribution in [1.82, 2.24) is 38.9 Å². The molecule has 0 saturated heterocycles. The summed E-state index contributed by atoms with van der Waals surface area (Å²) in [6, 6.07) is 8.71. The number of aromatic hydroxyl groups is 1. The third-order valence-electron chi connectivity index (χ3n) is 6.07. The average Bonchev–Trinajstić information content (AvgIpc) is 3.35. The zero-order valence-corrected chi connectivity index (χ0v) is 18.7. The molecule has 34 heavy (non-hydrogen) atoms. The Bertz CT molecular complexity index is 1590. The first-order valence-corrected chi connectivity index (χ1v) is 11.2. The maximum Gasteiger partial charge on any atom is 0.267 e. The Hall–Kier alpha value is -4.34. The zero-order chi connectivity index (χ0) is 23.4. The topological polar surface area (TPSA) is 117 Å². The standard InChI is InChI=1S/C24H22N8O2/c1-14(2)31-13-27-29-23(31)17-4-3-5-22(28-17)32-12-26-18-9-21(33)20(8-16(18)24(32)34)30-10-19(25-11-30)15-6-7-15/h3-5,8-15,33H,6-7H2,1-2H3. The van der Waals surface area contributed by atoms with E-state index in [0.717, 1.165) is 18.5 Å². The SMILES string of the molecule is CC(C)n1cnnc1-c1cccc(-n2cnc3cc(O)c(-n4cnc(C5CC5)c4)cc3c2=O)n1. The molecule has 0 atom stereocenters. The lowest BCUT2D eigenvalue weighted by atomic mass is 10.2. The van der Waals surface area contributed by atoms with Gasteiger partial charge in [-0.15, -0.1) is 10.2 Å². The Labute approximate surface area is 194 Å². The van der Waals surface area contributed by atoms with Crippen LogP contribution in [0.4, 0.5) is 0 Å². The van der Waals surface area contributed by atoms with Crippen LogP contribution >= 0.6 is 0 Å². The van der Waals surface area contributed by atoms with Crippen molar-refractivity contribution < 1.29 is 5.11 Å². The lowest BCUT2D eigenvalue weighted by Gasteiger charge is -2.12. The molecule has 10 nitrogen and oxygen atoms in total. The van der Waals surface area contributed by atoms with Crippen LogP contribution in [0.15, 0.2) is 60.3 Å². The fourth-order valence-electron chi connectivity index (χ4n) is 4.06. The zero-order valence-electron chi connectivity index (χ0n) is 18.7. The fourth-order valence-corrected chi connectivity index (χ4v) is 4.06. The normalized spacial score (nSPS) is 13.7. The number of rotatable bonds is 5. The van der Waals surface area contributed by atoms with Crippen molar-refractivity contribution in [1.29, 1.82) is 0 Å². The third kappa shape index (κ3) is 3.35. The summed E-state index contributed by atoms with van der Waals surface area (Å²) in [5.41, 5.74) is 2.20. The molecule has 0 spiro atoms. The highest BCUT2D eigenvalue weighted by Crippen LogP contribution is 2.39. The van der Waals surface area contributed by atoms with Crippen molar-refractivity contribution >= 4 is 10.9 Å². The van der Waals surface area contributed by atoms with E-state index in [1.165, 1.54) is 17.0 Å². The first-order chi connectivity index (χ1) is 16.5. The number of nitrogens with zero attached hydrogens (tertiary/aromatic N) is 8. The van der Waals surface area contributed by atoms with Gasteiger partial charge in [-0.1, -0.05) is 6.07 Å². The number of benzene rings is 1. The molecule has 4 heterocycles. The molecule has 4 aromatic heterocycles. The first kappa shape index (κ1) is 20.3. The second-order valence-electron chi connectivity index (χ2n) is 8.79. The molecule has 0 unspecified atom stereocenters. The van der Waals surface area contributed by atoms with Gasteiger partial charge in [-0.25, -0.2) is 15.0 Å². The van der Waals surface area contributed by atoms with E-state index in [1.54, 1.807) is 29.4 Å². The Kier molecular flexibility index (Phi) is 4.54. The van der Waals surface area contributed by atoms with Crippen molar-refractivity contribution in [2.75, 3.05) is 0 Å². The maximum atomic E-state index is 13.5. The number of phenolic OH excluding ortho intramolecular Hbond substituents is 1. The van der Waals surface area contributed by atoms with E-state index in [0.29, 0.717) is 39.8 Å². The summed E-state index contributed by atoms with van der Waals surface area (Å²) in [6.07, 6.45) is 8.93. The monoisotopic (exact) mass is 454 g/mol. The molecule has 0 aliphatic heterocycles. The number of hydrogen-bond acceptors (Lipinski definition) is 7. The summed E-state index contributed by atoms with van der Waals surface area (Å²) in [7, 11) is 0. The Morgan fingerprint density at radius 2 is 1.94 bits per heavy atom. The van der Waals surface area contributed by atoms with Gasteiger partial charge in [0, 0.05) is 24.2 Å². The summed E-state index contributed by atoms with van der Waals surface area (Å²) < 4.78 is 5.06. The molecule has 6 rings (SSSR count). The van der Waals surface area contributed by atoms with Crippen LogP contribution in [0.5, 0.6) is 5.75 Å². The van der Waals surface area contributed by atoms with E-state index in [1.807, 2.05) is 36.7 Å². The number of imidazole rings is 1. The van der Waals surface area contributed by atoms with Crippen LogP contribution in [0.3, 0.4) is 0 Å². The molecule has 5 aromatic rings. The Morgan fingerprint density at radius 3 is 2.74 bits per heavy atom. The molecule has 1 N–H and O–H groups in total. The highest BCUT2D eigenvalue weighted by Gasteiger charge is 2.26. The second kappa shape index (κ2) is 7.62. The molecule has 1 aromatic carbocycles. The van der Waals surface area contributed by atoms with Crippen molar-refractivity contribution in [3.63, 3.8) is 0 Å². The van der Waals surface area contributed by atoms with E-state index < -0.39 is 0 Å². The number of pyridine rings is 1. The van der Waals surface area contributed by atoms with Crippen LogP contribution in [0.1, 0.15) is 44.3 Å². The van der Waals surface area contributed by atoms with E-state index in [9.17, 15) is 9.90 Å². The molecular formula is C24H22N8O2. The Morgan fingerprint density at radius 1 is 1.09 bits per heavy atom. The average molecular weight is 454 g/mol. The second-order valence-corrected chi connectivity index (χ2v) is 8.79. The molecular weight excluding hydrogens is 432 g/mol. The van der Waals surface area contributed by atoms with E-state index >= 15 is 0 Å². The van der Waals surface area contributed by atoms with Crippen LogP contribution in [0.2, 0.25) is 0 Å². The van der Waals surface area contributed by atoms with Gasteiger partial charge in [-0.3, -0.25) is 9.36 Å².